The second kappa shape index (κ2) is 5.80. The predicted octanol–water partition coefficient (Wildman–Crippen LogP) is 1.89. The maximum atomic E-state index is 5.73. The lowest BCUT2D eigenvalue weighted by atomic mass is 10.1. The van der Waals surface area contributed by atoms with E-state index in [1.807, 2.05) is 11.9 Å². The molecule has 0 aliphatic heterocycles. The van der Waals surface area contributed by atoms with Gasteiger partial charge in [-0.15, -0.1) is 0 Å². The average molecular weight is 237 g/mol. The van der Waals surface area contributed by atoms with E-state index in [0.717, 1.165) is 18.7 Å². The van der Waals surface area contributed by atoms with Gasteiger partial charge < -0.3 is 10.6 Å². The fourth-order valence-corrected chi connectivity index (χ4v) is 1.51. The van der Waals surface area contributed by atoms with E-state index in [2.05, 4.69) is 42.6 Å². The summed E-state index contributed by atoms with van der Waals surface area (Å²) >= 11 is 0. The Morgan fingerprint density at radius 1 is 1.18 bits per heavy atom. The molecule has 2 N–H and O–H groups in total. The minimum Gasteiger partial charge on any atom is -0.368 e. The van der Waals surface area contributed by atoms with Crippen LogP contribution in [0.25, 0.3) is 0 Å². The number of rotatable bonds is 5. The molecule has 0 bridgehead atoms. The highest BCUT2D eigenvalue weighted by atomic mass is 15.3. The first-order valence-corrected chi connectivity index (χ1v) is 6.17. The highest BCUT2D eigenvalue weighted by molar-refractivity contribution is 5.34. The van der Waals surface area contributed by atoms with E-state index in [1.54, 1.807) is 0 Å². The van der Waals surface area contributed by atoms with Crippen LogP contribution < -0.4 is 10.6 Å². The Balaban J connectivity index is 2.96. The molecule has 1 rings (SSSR count). The molecule has 5 nitrogen and oxygen atoms in total. The standard InChI is InChI=1S/C12H23N5/c1-6-9(4)17(5)12-15-10(7-8(2)3)14-11(13)16-12/h8-9H,6-7H2,1-5H3,(H2,13,14,15,16). The highest BCUT2D eigenvalue weighted by Crippen LogP contribution is 2.13. The van der Waals surface area contributed by atoms with E-state index >= 15 is 0 Å². The monoisotopic (exact) mass is 237 g/mol. The van der Waals surface area contributed by atoms with Crippen LogP contribution in [-0.4, -0.2) is 28.0 Å². The van der Waals surface area contributed by atoms with Crippen molar-refractivity contribution in [1.29, 1.82) is 0 Å². The Hall–Kier alpha value is -1.39. The van der Waals surface area contributed by atoms with E-state index in [0.29, 0.717) is 23.9 Å². The van der Waals surface area contributed by atoms with Crippen molar-refractivity contribution in [3.05, 3.63) is 5.82 Å². The van der Waals surface area contributed by atoms with Gasteiger partial charge in [0.2, 0.25) is 11.9 Å². The molecule has 0 aliphatic carbocycles. The van der Waals surface area contributed by atoms with Gasteiger partial charge in [0.05, 0.1) is 0 Å². The van der Waals surface area contributed by atoms with Crippen LogP contribution in [0.4, 0.5) is 11.9 Å². The third-order valence-corrected chi connectivity index (χ3v) is 2.85. The molecule has 0 radical (unpaired) electrons. The average Bonchev–Trinajstić information content (AvgIpc) is 2.25. The smallest absolute Gasteiger partial charge is 0.230 e. The second-order valence-corrected chi connectivity index (χ2v) is 4.88. The number of hydrogen-bond donors (Lipinski definition) is 1. The minimum absolute atomic E-state index is 0.306. The lowest BCUT2D eigenvalue weighted by molar-refractivity contribution is 0.607. The largest absolute Gasteiger partial charge is 0.368 e. The van der Waals surface area contributed by atoms with E-state index in [4.69, 9.17) is 5.73 Å². The van der Waals surface area contributed by atoms with Crippen molar-refractivity contribution < 1.29 is 0 Å². The number of anilines is 2. The molecule has 0 saturated carbocycles. The van der Waals surface area contributed by atoms with E-state index in [9.17, 15) is 0 Å². The Morgan fingerprint density at radius 3 is 2.35 bits per heavy atom. The molecule has 0 aromatic carbocycles. The molecule has 5 heteroatoms. The molecule has 17 heavy (non-hydrogen) atoms. The number of nitrogens with two attached hydrogens (primary N) is 1. The minimum atomic E-state index is 0.306. The summed E-state index contributed by atoms with van der Waals surface area (Å²) in [5, 5.41) is 0. The normalized spacial score (nSPS) is 12.8. The number of hydrogen-bond acceptors (Lipinski definition) is 5. The van der Waals surface area contributed by atoms with Crippen molar-refractivity contribution in [3.8, 4) is 0 Å². The molecular weight excluding hydrogens is 214 g/mol. The van der Waals surface area contributed by atoms with E-state index in [-0.39, 0.29) is 0 Å². The summed E-state index contributed by atoms with van der Waals surface area (Å²) in [5.74, 6) is 2.26. The third-order valence-electron chi connectivity index (χ3n) is 2.85. The predicted molar refractivity (Wildman–Crippen MR) is 70.9 cm³/mol. The van der Waals surface area contributed by atoms with Crippen LogP contribution in [0.3, 0.4) is 0 Å². The van der Waals surface area contributed by atoms with Crippen molar-refractivity contribution in [2.45, 2.75) is 46.6 Å². The molecular formula is C12H23N5. The Labute approximate surface area is 103 Å². The van der Waals surface area contributed by atoms with Crippen molar-refractivity contribution in [2.75, 3.05) is 17.7 Å². The van der Waals surface area contributed by atoms with Gasteiger partial charge in [-0.05, 0) is 19.3 Å². The summed E-state index contributed by atoms with van der Waals surface area (Å²) in [6.07, 6.45) is 1.87. The van der Waals surface area contributed by atoms with Crippen molar-refractivity contribution in [2.24, 2.45) is 5.92 Å². The molecule has 1 heterocycles. The zero-order chi connectivity index (χ0) is 13.0. The summed E-state index contributed by atoms with van der Waals surface area (Å²) in [6, 6.07) is 0.392. The van der Waals surface area contributed by atoms with Gasteiger partial charge in [0, 0.05) is 19.5 Å². The Morgan fingerprint density at radius 2 is 1.82 bits per heavy atom. The molecule has 1 aromatic heterocycles. The van der Waals surface area contributed by atoms with Crippen LogP contribution >= 0.6 is 0 Å². The number of nitrogens with zero attached hydrogens (tertiary/aromatic N) is 4. The summed E-state index contributed by atoms with van der Waals surface area (Å²) < 4.78 is 0. The van der Waals surface area contributed by atoms with Crippen LogP contribution in [0.15, 0.2) is 0 Å². The van der Waals surface area contributed by atoms with Gasteiger partial charge in [0.1, 0.15) is 5.82 Å². The Bertz CT molecular complexity index is 364. The van der Waals surface area contributed by atoms with Crippen molar-refractivity contribution in [1.82, 2.24) is 15.0 Å². The maximum Gasteiger partial charge on any atom is 0.230 e. The topological polar surface area (TPSA) is 67.9 Å². The zero-order valence-electron chi connectivity index (χ0n) is 11.4. The SMILES string of the molecule is CCC(C)N(C)c1nc(N)nc(CC(C)C)n1. The maximum absolute atomic E-state index is 5.73. The van der Waals surface area contributed by atoms with Crippen molar-refractivity contribution >= 4 is 11.9 Å². The lowest BCUT2D eigenvalue weighted by Gasteiger charge is -2.24. The van der Waals surface area contributed by atoms with E-state index in [1.165, 1.54) is 0 Å². The molecule has 1 unspecified atom stereocenters. The van der Waals surface area contributed by atoms with E-state index < -0.39 is 0 Å². The van der Waals surface area contributed by atoms with Gasteiger partial charge in [-0.3, -0.25) is 0 Å². The van der Waals surface area contributed by atoms with Gasteiger partial charge in [-0.2, -0.15) is 15.0 Å². The summed E-state index contributed by atoms with van der Waals surface area (Å²) in [6.45, 7) is 8.55. The van der Waals surface area contributed by atoms with Crippen LogP contribution in [0, 0.1) is 5.92 Å². The van der Waals surface area contributed by atoms with Crippen LogP contribution in [0.5, 0.6) is 0 Å². The fourth-order valence-electron chi connectivity index (χ4n) is 1.51. The van der Waals surface area contributed by atoms with Gasteiger partial charge in [0.15, 0.2) is 0 Å². The molecule has 96 valence electrons. The molecule has 0 aliphatic rings. The summed E-state index contributed by atoms with van der Waals surface area (Å²) in [5.41, 5.74) is 5.73. The first-order valence-electron chi connectivity index (χ1n) is 6.17. The van der Waals surface area contributed by atoms with Gasteiger partial charge >= 0.3 is 0 Å². The molecule has 1 aromatic rings. The lowest BCUT2D eigenvalue weighted by Crippen LogP contribution is -2.30. The Kier molecular flexibility index (Phi) is 4.66. The van der Waals surface area contributed by atoms with Gasteiger partial charge in [0.25, 0.3) is 0 Å². The van der Waals surface area contributed by atoms with Gasteiger partial charge in [-0.25, -0.2) is 0 Å². The van der Waals surface area contributed by atoms with Gasteiger partial charge in [-0.1, -0.05) is 20.8 Å². The van der Waals surface area contributed by atoms with Crippen molar-refractivity contribution in [3.63, 3.8) is 0 Å². The fraction of sp³-hybridized carbons (Fsp3) is 0.750. The highest BCUT2D eigenvalue weighted by Gasteiger charge is 2.13. The third kappa shape index (κ3) is 3.84. The van der Waals surface area contributed by atoms with Crippen LogP contribution in [-0.2, 0) is 6.42 Å². The molecule has 0 spiro atoms. The first kappa shape index (κ1) is 13.7. The summed E-state index contributed by atoms with van der Waals surface area (Å²) in [7, 11) is 1.99. The van der Waals surface area contributed by atoms with Crippen LogP contribution in [0.2, 0.25) is 0 Å². The summed E-state index contributed by atoms with van der Waals surface area (Å²) in [4.78, 5) is 14.9. The van der Waals surface area contributed by atoms with Crippen LogP contribution in [0.1, 0.15) is 39.9 Å². The number of nitrogen functional groups attached to an aromatic ring is 1. The molecule has 1 atom stereocenters. The first-order chi connectivity index (χ1) is 7.93. The number of aromatic nitrogens is 3. The molecule has 0 amide bonds. The second-order valence-electron chi connectivity index (χ2n) is 4.88. The zero-order valence-corrected chi connectivity index (χ0v) is 11.4. The quantitative estimate of drug-likeness (QED) is 0.847. The molecule has 0 fully saturated rings. The molecule has 0 saturated heterocycles.